The standard InChI is InChI=1S/C9H20N2.C2H6/c1-9(4-6-10-8-9)5-7-11(2)3;1-2/h10H,4-8H2,1-3H3;1-2H3. The summed E-state index contributed by atoms with van der Waals surface area (Å²) in [5.74, 6) is 0. The third-order valence-corrected chi connectivity index (χ3v) is 2.62. The van der Waals surface area contributed by atoms with Gasteiger partial charge >= 0.3 is 0 Å². The number of rotatable bonds is 3. The first-order chi connectivity index (χ1) is 6.12. The van der Waals surface area contributed by atoms with Crippen LogP contribution in [0.4, 0.5) is 0 Å². The molecule has 0 amide bonds. The summed E-state index contributed by atoms with van der Waals surface area (Å²) < 4.78 is 0. The van der Waals surface area contributed by atoms with Crippen molar-refractivity contribution in [3.8, 4) is 0 Å². The molecule has 0 saturated carbocycles. The molecule has 1 unspecified atom stereocenters. The zero-order valence-electron chi connectivity index (χ0n) is 9.98. The Morgan fingerprint density at radius 1 is 1.31 bits per heavy atom. The summed E-state index contributed by atoms with van der Waals surface area (Å²) in [5, 5.41) is 3.42. The predicted molar refractivity (Wildman–Crippen MR) is 60.1 cm³/mol. The van der Waals surface area contributed by atoms with Crippen LogP contribution in [0.25, 0.3) is 0 Å². The van der Waals surface area contributed by atoms with Crippen LogP contribution in [0.2, 0.25) is 0 Å². The van der Waals surface area contributed by atoms with Crippen LogP contribution in [0.15, 0.2) is 0 Å². The summed E-state index contributed by atoms with van der Waals surface area (Å²) in [6, 6.07) is 0. The third-order valence-electron chi connectivity index (χ3n) is 2.62. The molecule has 0 spiro atoms. The molecule has 2 nitrogen and oxygen atoms in total. The molecule has 0 bridgehead atoms. The van der Waals surface area contributed by atoms with Crippen molar-refractivity contribution in [2.24, 2.45) is 5.41 Å². The molecule has 1 saturated heterocycles. The fourth-order valence-corrected chi connectivity index (χ4v) is 1.58. The first-order valence-corrected chi connectivity index (χ1v) is 5.48. The van der Waals surface area contributed by atoms with Gasteiger partial charge in [-0.15, -0.1) is 0 Å². The predicted octanol–water partition coefficient (Wildman–Crippen LogP) is 1.96. The SMILES string of the molecule is CC.CN(C)CCC1(C)CCNC1. The molecule has 1 N–H and O–H groups in total. The van der Waals surface area contributed by atoms with Crippen molar-refractivity contribution >= 4 is 0 Å². The Morgan fingerprint density at radius 3 is 2.31 bits per heavy atom. The number of nitrogens with one attached hydrogen (secondary N) is 1. The molecule has 80 valence electrons. The molecule has 1 aliphatic rings. The van der Waals surface area contributed by atoms with Crippen molar-refractivity contribution in [1.82, 2.24) is 10.2 Å². The molecule has 0 aliphatic carbocycles. The number of hydrogen-bond acceptors (Lipinski definition) is 2. The molecule has 2 heteroatoms. The van der Waals surface area contributed by atoms with Gasteiger partial charge < -0.3 is 10.2 Å². The zero-order valence-corrected chi connectivity index (χ0v) is 9.98. The summed E-state index contributed by atoms with van der Waals surface area (Å²) in [4.78, 5) is 2.27. The lowest BCUT2D eigenvalue weighted by atomic mass is 9.86. The smallest absolute Gasteiger partial charge is 0.000612 e. The Bertz CT molecular complexity index is 115. The van der Waals surface area contributed by atoms with Crippen molar-refractivity contribution in [2.75, 3.05) is 33.7 Å². The molecule has 1 aliphatic heterocycles. The van der Waals surface area contributed by atoms with Gasteiger partial charge in [0.25, 0.3) is 0 Å². The summed E-state index contributed by atoms with van der Waals surface area (Å²) >= 11 is 0. The average Bonchev–Trinajstić information content (AvgIpc) is 2.54. The molecule has 1 fully saturated rings. The molecule has 13 heavy (non-hydrogen) atoms. The second-order valence-corrected chi connectivity index (χ2v) is 4.29. The fraction of sp³-hybridized carbons (Fsp3) is 1.00. The summed E-state index contributed by atoms with van der Waals surface area (Å²) in [6.45, 7) is 10.0. The van der Waals surface area contributed by atoms with E-state index in [1.54, 1.807) is 0 Å². The van der Waals surface area contributed by atoms with Gasteiger partial charge in [0.1, 0.15) is 0 Å². The Kier molecular flexibility index (Phi) is 6.35. The summed E-state index contributed by atoms with van der Waals surface area (Å²) in [7, 11) is 4.29. The molecule has 1 atom stereocenters. The molecule has 1 rings (SSSR count). The van der Waals surface area contributed by atoms with Gasteiger partial charge in [-0.05, 0) is 45.4 Å². The lowest BCUT2D eigenvalue weighted by molar-refractivity contribution is 0.274. The lowest BCUT2D eigenvalue weighted by Gasteiger charge is -2.24. The van der Waals surface area contributed by atoms with Crippen LogP contribution in [0, 0.1) is 5.41 Å². The van der Waals surface area contributed by atoms with E-state index in [1.165, 1.54) is 32.5 Å². The number of hydrogen-bond donors (Lipinski definition) is 1. The molecule has 0 radical (unpaired) electrons. The Labute approximate surface area is 83.7 Å². The molecule has 0 aromatic heterocycles. The summed E-state index contributed by atoms with van der Waals surface area (Å²) in [5.41, 5.74) is 0.574. The largest absolute Gasteiger partial charge is 0.316 e. The molecular weight excluding hydrogens is 160 g/mol. The lowest BCUT2D eigenvalue weighted by Crippen LogP contribution is -2.25. The van der Waals surface area contributed by atoms with E-state index in [1.807, 2.05) is 13.8 Å². The second kappa shape index (κ2) is 6.39. The maximum atomic E-state index is 3.42. The Morgan fingerprint density at radius 2 is 1.92 bits per heavy atom. The third kappa shape index (κ3) is 5.27. The van der Waals surface area contributed by atoms with Gasteiger partial charge in [0.15, 0.2) is 0 Å². The van der Waals surface area contributed by atoms with Gasteiger partial charge in [-0.25, -0.2) is 0 Å². The summed E-state index contributed by atoms with van der Waals surface area (Å²) in [6.07, 6.45) is 2.67. The van der Waals surface area contributed by atoms with E-state index in [-0.39, 0.29) is 0 Å². The van der Waals surface area contributed by atoms with Crippen LogP contribution < -0.4 is 5.32 Å². The maximum absolute atomic E-state index is 3.42. The molecule has 1 heterocycles. The van der Waals surface area contributed by atoms with Gasteiger partial charge in [-0.3, -0.25) is 0 Å². The minimum atomic E-state index is 0.574. The molecule has 0 aromatic rings. The Balaban J connectivity index is 0.000000671. The molecule has 0 aromatic carbocycles. The minimum Gasteiger partial charge on any atom is -0.316 e. The van der Waals surface area contributed by atoms with E-state index >= 15 is 0 Å². The van der Waals surface area contributed by atoms with Crippen LogP contribution in [-0.4, -0.2) is 38.6 Å². The first kappa shape index (κ1) is 12.9. The van der Waals surface area contributed by atoms with Gasteiger partial charge in [-0.2, -0.15) is 0 Å². The van der Waals surface area contributed by atoms with Crippen LogP contribution in [0.5, 0.6) is 0 Å². The van der Waals surface area contributed by atoms with E-state index in [2.05, 4.69) is 31.2 Å². The van der Waals surface area contributed by atoms with Crippen molar-refractivity contribution in [3.05, 3.63) is 0 Å². The second-order valence-electron chi connectivity index (χ2n) is 4.29. The monoisotopic (exact) mass is 186 g/mol. The van der Waals surface area contributed by atoms with Crippen molar-refractivity contribution in [3.63, 3.8) is 0 Å². The van der Waals surface area contributed by atoms with E-state index < -0.39 is 0 Å². The van der Waals surface area contributed by atoms with Crippen LogP contribution in [0.1, 0.15) is 33.6 Å². The highest BCUT2D eigenvalue weighted by Gasteiger charge is 2.27. The van der Waals surface area contributed by atoms with Gasteiger partial charge in [0, 0.05) is 6.54 Å². The average molecular weight is 186 g/mol. The van der Waals surface area contributed by atoms with E-state index in [0.29, 0.717) is 5.41 Å². The van der Waals surface area contributed by atoms with Crippen LogP contribution in [-0.2, 0) is 0 Å². The molecular formula is C11H26N2. The Hall–Kier alpha value is -0.0800. The highest BCUT2D eigenvalue weighted by Crippen LogP contribution is 2.28. The minimum absolute atomic E-state index is 0.574. The fourth-order valence-electron chi connectivity index (χ4n) is 1.58. The van der Waals surface area contributed by atoms with Gasteiger partial charge in [0.05, 0.1) is 0 Å². The highest BCUT2D eigenvalue weighted by molar-refractivity contribution is 4.83. The topological polar surface area (TPSA) is 15.3 Å². The van der Waals surface area contributed by atoms with Crippen LogP contribution in [0.3, 0.4) is 0 Å². The normalized spacial score (nSPS) is 27.2. The highest BCUT2D eigenvalue weighted by atomic mass is 15.1. The first-order valence-electron chi connectivity index (χ1n) is 5.48. The van der Waals surface area contributed by atoms with Gasteiger partial charge in [-0.1, -0.05) is 20.8 Å². The van der Waals surface area contributed by atoms with E-state index in [4.69, 9.17) is 0 Å². The van der Waals surface area contributed by atoms with E-state index in [9.17, 15) is 0 Å². The van der Waals surface area contributed by atoms with Crippen molar-refractivity contribution < 1.29 is 0 Å². The van der Waals surface area contributed by atoms with Crippen molar-refractivity contribution in [2.45, 2.75) is 33.6 Å². The number of nitrogens with zero attached hydrogens (tertiary/aromatic N) is 1. The van der Waals surface area contributed by atoms with Crippen LogP contribution >= 0.6 is 0 Å². The maximum Gasteiger partial charge on any atom is 0.000612 e. The zero-order chi connectivity index (χ0) is 10.3. The van der Waals surface area contributed by atoms with Gasteiger partial charge in [0.2, 0.25) is 0 Å². The van der Waals surface area contributed by atoms with E-state index in [0.717, 1.165) is 0 Å². The quantitative estimate of drug-likeness (QED) is 0.725. The van der Waals surface area contributed by atoms with Crippen molar-refractivity contribution in [1.29, 1.82) is 0 Å².